The minimum atomic E-state index is -2.49. The van der Waals surface area contributed by atoms with Crippen molar-refractivity contribution in [1.82, 2.24) is 14.5 Å². The van der Waals surface area contributed by atoms with E-state index in [2.05, 4.69) is 134 Å². The van der Waals surface area contributed by atoms with Crippen LogP contribution >= 0.6 is 0 Å². The summed E-state index contributed by atoms with van der Waals surface area (Å²) in [6.07, 6.45) is -0.588. The second-order valence-electron chi connectivity index (χ2n) is 16.1. The monoisotopic (exact) mass is 965 g/mol. The van der Waals surface area contributed by atoms with E-state index in [0.717, 1.165) is 60.3 Å². The van der Waals surface area contributed by atoms with Crippen LogP contribution in [0.15, 0.2) is 144 Å². The Morgan fingerprint density at radius 3 is 2.20 bits per heavy atom. The van der Waals surface area contributed by atoms with Gasteiger partial charge in [0.2, 0.25) is 0 Å². The van der Waals surface area contributed by atoms with Crippen LogP contribution in [-0.4, -0.2) is 14.5 Å². The van der Waals surface area contributed by atoms with Crippen molar-refractivity contribution in [2.24, 2.45) is 5.92 Å². The molecule has 0 aliphatic rings. The van der Waals surface area contributed by atoms with Crippen molar-refractivity contribution >= 4 is 54.5 Å². The first-order chi connectivity index (χ1) is 30.6. The number of rotatable bonds is 7. The molecule has 0 bridgehead atoms. The second-order valence-corrected chi connectivity index (χ2v) is 16.1. The van der Waals surface area contributed by atoms with Gasteiger partial charge in [-0.1, -0.05) is 131 Å². The van der Waals surface area contributed by atoms with Crippen molar-refractivity contribution in [3.63, 3.8) is 0 Å². The first kappa shape index (κ1) is 34.9. The van der Waals surface area contributed by atoms with Gasteiger partial charge in [-0.15, -0.1) is 54.1 Å². The Bertz CT molecular complexity index is 3320. The van der Waals surface area contributed by atoms with Gasteiger partial charge in [0.05, 0.1) is 22.4 Å². The van der Waals surface area contributed by atoms with Crippen molar-refractivity contribution < 1.29 is 31.4 Å². The molecule has 0 aliphatic heterocycles. The van der Waals surface area contributed by atoms with Gasteiger partial charge in [0.1, 0.15) is 5.58 Å². The van der Waals surface area contributed by atoms with Crippen LogP contribution in [0.25, 0.3) is 82.8 Å². The molecule has 4 nitrogen and oxygen atoms in total. The molecule has 0 amide bonds. The Kier molecular flexibility index (Phi) is 9.91. The third kappa shape index (κ3) is 7.57. The minimum Gasteiger partial charge on any atom is -0.501 e. The molecule has 7 aromatic carbocycles. The van der Waals surface area contributed by atoms with Crippen LogP contribution in [0.4, 0.5) is 0 Å². The summed E-state index contributed by atoms with van der Waals surface area (Å²) in [7, 11) is 0. The van der Waals surface area contributed by atoms with Gasteiger partial charge in [-0.05, 0) is 99.2 Å². The van der Waals surface area contributed by atoms with Gasteiger partial charge in [0, 0.05) is 44.2 Å². The Morgan fingerprint density at radius 2 is 1.45 bits per heavy atom. The fourth-order valence-electron chi connectivity index (χ4n) is 8.19. The number of aryl methyl sites for hydroxylation is 1. The summed E-state index contributed by atoms with van der Waals surface area (Å²) in [4.78, 5) is 9.44. The third-order valence-electron chi connectivity index (χ3n) is 11.0. The molecule has 5 heteroatoms. The van der Waals surface area contributed by atoms with Gasteiger partial charge in [-0.2, -0.15) is 0 Å². The number of imidazole rings is 1. The zero-order valence-corrected chi connectivity index (χ0v) is 37.0. The van der Waals surface area contributed by atoms with E-state index in [1.54, 1.807) is 26.0 Å². The van der Waals surface area contributed by atoms with E-state index in [4.69, 9.17) is 16.3 Å². The average Bonchev–Trinajstić information content (AvgIpc) is 3.86. The summed E-state index contributed by atoms with van der Waals surface area (Å²) in [5, 5.41) is 6.37. The number of aromatic nitrogens is 3. The third-order valence-corrected chi connectivity index (χ3v) is 11.0. The van der Waals surface area contributed by atoms with Crippen LogP contribution in [0, 0.1) is 24.9 Å². The topological polar surface area (TPSA) is 43.9 Å². The number of para-hydroxylation sites is 3. The first-order valence-corrected chi connectivity index (χ1v) is 20.4. The Morgan fingerprint density at radius 1 is 0.700 bits per heavy atom. The zero-order chi connectivity index (χ0) is 45.1. The van der Waals surface area contributed by atoms with Crippen LogP contribution in [0.1, 0.15) is 82.5 Å². The van der Waals surface area contributed by atoms with Crippen molar-refractivity contribution in [2.45, 2.75) is 66.6 Å². The number of benzene rings is 7. The largest absolute Gasteiger partial charge is 0.501 e. The molecule has 301 valence electrons. The van der Waals surface area contributed by atoms with Crippen LogP contribution in [0.5, 0.6) is 0 Å². The summed E-state index contributed by atoms with van der Waals surface area (Å²) in [5.41, 5.74) is 9.48. The standard InChI is InChI=1S/C30H24NO.C25H25N2.Ir/c1-18(2)13-22-15-28(31-17-19(22)3)25-10-6-9-24-27-14-21-12-11-20-7-4-5-8-23(20)26(21)16-29(27)32-30(24)25;1-17(2)20-13-10-14-21(18(3)4)24(20)27-23-16-9-8-15-22(23)26-25(27)19-11-6-5-7-12-19;/h4-9,11-12,14-18H,13H2,1-3H3;5-11,13-18H,1-4H3;/q2*-1;/i3D3,13D2;;. The van der Waals surface area contributed by atoms with Gasteiger partial charge < -0.3 is 14.0 Å². The average molecular weight is 965 g/mol. The predicted molar refractivity (Wildman–Crippen MR) is 248 cm³/mol. The number of fused-ring (bicyclic) bond motifs is 7. The van der Waals surface area contributed by atoms with E-state index >= 15 is 0 Å². The van der Waals surface area contributed by atoms with E-state index < -0.39 is 19.1 Å². The maximum absolute atomic E-state index is 8.66. The fourth-order valence-corrected chi connectivity index (χ4v) is 8.19. The normalized spacial score (nSPS) is 13.3. The van der Waals surface area contributed by atoms with Gasteiger partial charge in [0.15, 0.2) is 0 Å². The maximum atomic E-state index is 8.66. The number of pyridine rings is 1. The van der Waals surface area contributed by atoms with E-state index in [9.17, 15) is 0 Å². The molecule has 0 spiro atoms. The first-order valence-electron chi connectivity index (χ1n) is 22.9. The van der Waals surface area contributed by atoms with Crippen LogP contribution in [0.3, 0.4) is 0 Å². The summed E-state index contributed by atoms with van der Waals surface area (Å²) < 4.78 is 49.9. The Labute approximate surface area is 373 Å². The molecule has 0 fully saturated rings. The van der Waals surface area contributed by atoms with Crippen LogP contribution in [-0.2, 0) is 26.5 Å². The maximum Gasteiger partial charge on any atom is 0.121 e. The van der Waals surface area contributed by atoms with Gasteiger partial charge in [-0.3, -0.25) is 4.98 Å². The molecule has 0 atom stereocenters. The van der Waals surface area contributed by atoms with Crippen molar-refractivity contribution in [1.29, 1.82) is 0 Å². The van der Waals surface area contributed by atoms with Crippen LogP contribution < -0.4 is 0 Å². The van der Waals surface area contributed by atoms with Gasteiger partial charge >= 0.3 is 0 Å². The number of hydrogen-bond acceptors (Lipinski definition) is 3. The summed E-state index contributed by atoms with van der Waals surface area (Å²) in [6, 6.07) is 51.7. The van der Waals surface area contributed by atoms with E-state index in [0.29, 0.717) is 28.7 Å². The number of nitrogens with zero attached hydrogens (tertiary/aromatic N) is 3. The zero-order valence-electron chi connectivity index (χ0n) is 39.6. The second kappa shape index (κ2) is 17.0. The molecule has 0 unspecified atom stereocenters. The molecule has 0 aliphatic carbocycles. The van der Waals surface area contributed by atoms with Crippen molar-refractivity contribution in [3.8, 4) is 28.3 Å². The summed E-state index contributed by atoms with van der Waals surface area (Å²) in [5.74, 6) is 1.36. The Hall–Kier alpha value is -5.87. The van der Waals surface area contributed by atoms with E-state index in [1.807, 2.05) is 36.4 Å². The molecule has 3 heterocycles. The molecular formula is C55H49IrN3O-2. The summed E-state index contributed by atoms with van der Waals surface area (Å²) in [6.45, 7) is 10.0. The number of furan rings is 1. The van der Waals surface area contributed by atoms with Crippen LogP contribution in [0.2, 0.25) is 0 Å². The smallest absolute Gasteiger partial charge is 0.121 e. The number of hydrogen-bond donors (Lipinski definition) is 0. The van der Waals surface area contributed by atoms with E-state index in [-0.39, 0.29) is 31.2 Å². The molecule has 60 heavy (non-hydrogen) atoms. The summed E-state index contributed by atoms with van der Waals surface area (Å²) >= 11 is 0. The van der Waals surface area contributed by atoms with Crippen molar-refractivity contribution in [3.05, 3.63) is 174 Å². The SMILES string of the molecule is CC(C)c1cccc(C(C)C)c1-n1c(-c2[c-]cccc2)nc2ccccc21.[2H]C([2H])([2H])c1cnc(-c2[c-]ccc3c2oc2cc4c(ccc5ccccc54)cc23)cc1C([2H])([2H])C(C)C.[Ir]. The molecule has 0 saturated heterocycles. The fraction of sp³-hybridized carbons (Fsp3) is 0.200. The molecular weight excluding hydrogens is 911 g/mol. The molecule has 10 aromatic rings. The molecule has 0 saturated carbocycles. The molecule has 1 radical (unpaired) electrons. The van der Waals surface area contributed by atoms with Gasteiger partial charge in [-0.25, -0.2) is 0 Å². The van der Waals surface area contributed by atoms with Gasteiger partial charge in [0.25, 0.3) is 0 Å². The Balaban J connectivity index is 0.000000183. The molecule has 3 aromatic heterocycles. The quantitative estimate of drug-likeness (QED) is 0.118. The van der Waals surface area contributed by atoms with Crippen molar-refractivity contribution in [2.75, 3.05) is 0 Å². The minimum absolute atomic E-state index is 0. The van der Waals surface area contributed by atoms with E-state index in [1.165, 1.54) is 23.0 Å². The molecule has 10 rings (SSSR count). The molecule has 0 N–H and O–H groups in total. The predicted octanol–water partition coefficient (Wildman–Crippen LogP) is 15.0.